The smallest absolute Gasteiger partial charge is 0.339 e. The van der Waals surface area contributed by atoms with E-state index in [1.165, 1.54) is 13.3 Å². The van der Waals surface area contributed by atoms with Crippen LogP contribution < -0.4 is 5.73 Å². The van der Waals surface area contributed by atoms with Crippen LogP contribution in [0.5, 0.6) is 0 Å². The fourth-order valence-corrected chi connectivity index (χ4v) is 0.928. The van der Waals surface area contributed by atoms with Gasteiger partial charge in [0.2, 0.25) is 5.91 Å². The molecule has 0 fully saturated rings. The van der Waals surface area contributed by atoms with Gasteiger partial charge in [-0.3, -0.25) is 4.79 Å². The molecule has 1 aromatic heterocycles. The van der Waals surface area contributed by atoms with Gasteiger partial charge in [-0.2, -0.15) is 0 Å². The molecule has 5 heteroatoms. The Kier molecular flexibility index (Phi) is 4.04. The highest BCUT2D eigenvalue weighted by molar-refractivity contribution is 5.88. The molecule has 0 aliphatic rings. The lowest BCUT2D eigenvalue weighted by molar-refractivity contribution is -0.117. The van der Waals surface area contributed by atoms with E-state index in [4.69, 9.17) is 5.73 Å². The molecule has 2 N–H and O–H groups in total. The summed E-state index contributed by atoms with van der Waals surface area (Å²) in [6, 6.07) is 3.12. The topological polar surface area (TPSA) is 82.3 Å². The van der Waals surface area contributed by atoms with Gasteiger partial charge in [-0.25, -0.2) is 9.78 Å². The number of nitrogens with two attached hydrogens (primary N) is 1. The first-order chi connectivity index (χ1) is 7.63. The number of rotatable bonds is 2. The van der Waals surface area contributed by atoms with Gasteiger partial charge in [0.25, 0.3) is 0 Å². The van der Waals surface area contributed by atoms with E-state index in [1.807, 2.05) is 0 Å². The molecule has 1 heterocycles. The normalized spacial score (nSPS) is 8.81. The minimum Gasteiger partial charge on any atom is -0.465 e. The average Bonchev–Trinajstić information content (AvgIpc) is 2.28. The number of carbonyl (C=O) groups excluding carboxylic acids is 2. The first-order valence-electron chi connectivity index (χ1n) is 4.45. The molecular formula is C11H10N2O3. The fraction of sp³-hybridized carbons (Fsp3) is 0.182. The van der Waals surface area contributed by atoms with Crippen molar-refractivity contribution >= 4 is 11.9 Å². The van der Waals surface area contributed by atoms with Crippen LogP contribution in [-0.2, 0) is 9.53 Å². The van der Waals surface area contributed by atoms with E-state index in [0.717, 1.165) is 0 Å². The zero-order chi connectivity index (χ0) is 12.0. The monoisotopic (exact) mass is 218 g/mol. The number of hydrogen-bond donors (Lipinski definition) is 1. The average molecular weight is 218 g/mol. The third-order valence-electron chi connectivity index (χ3n) is 1.66. The van der Waals surface area contributed by atoms with Gasteiger partial charge in [-0.1, -0.05) is 5.92 Å². The van der Waals surface area contributed by atoms with Crippen molar-refractivity contribution in [2.24, 2.45) is 5.73 Å². The van der Waals surface area contributed by atoms with Crippen molar-refractivity contribution in [1.29, 1.82) is 0 Å². The van der Waals surface area contributed by atoms with Crippen LogP contribution in [0.4, 0.5) is 0 Å². The molecule has 0 aliphatic carbocycles. The molecule has 0 aliphatic heterocycles. The standard InChI is InChI=1S/C11H10N2O3/c1-16-11(15)8-5-6-9(13-7-8)3-2-4-10(12)14/h5-7H,4H2,1H3,(H2,12,14). The van der Waals surface area contributed by atoms with Crippen molar-refractivity contribution in [3.8, 4) is 11.8 Å². The minimum absolute atomic E-state index is 0.0135. The van der Waals surface area contributed by atoms with Gasteiger partial charge in [-0.05, 0) is 18.1 Å². The van der Waals surface area contributed by atoms with Crippen molar-refractivity contribution in [1.82, 2.24) is 4.98 Å². The van der Waals surface area contributed by atoms with Crippen LogP contribution in [0.2, 0.25) is 0 Å². The molecule has 5 nitrogen and oxygen atoms in total. The number of amides is 1. The van der Waals surface area contributed by atoms with Crippen molar-refractivity contribution in [2.75, 3.05) is 7.11 Å². The van der Waals surface area contributed by atoms with Crippen LogP contribution in [-0.4, -0.2) is 24.0 Å². The van der Waals surface area contributed by atoms with E-state index in [9.17, 15) is 9.59 Å². The first-order valence-corrected chi connectivity index (χ1v) is 4.45. The molecule has 16 heavy (non-hydrogen) atoms. The van der Waals surface area contributed by atoms with E-state index in [-0.39, 0.29) is 6.42 Å². The Morgan fingerprint density at radius 3 is 2.75 bits per heavy atom. The molecule has 0 spiro atoms. The van der Waals surface area contributed by atoms with E-state index in [1.54, 1.807) is 12.1 Å². The molecule has 0 saturated heterocycles. The zero-order valence-corrected chi connectivity index (χ0v) is 8.69. The molecule has 1 amide bonds. The largest absolute Gasteiger partial charge is 0.465 e. The minimum atomic E-state index is -0.487. The van der Waals surface area contributed by atoms with Crippen LogP contribution in [0, 0.1) is 11.8 Å². The highest BCUT2D eigenvalue weighted by Crippen LogP contribution is 2.00. The van der Waals surface area contributed by atoms with Gasteiger partial charge in [0.05, 0.1) is 19.1 Å². The Labute approximate surface area is 92.6 Å². The lowest BCUT2D eigenvalue weighted by Crippen LogP contribution is -2.08. The van der Waals surface area contributed by atoms with Gasteiger partial charge < -0.3 is 10.5 Å². The summed E-state index contributed by atoms with van der Waals surface area (Å²) in [6.45, 7) is 0. The molecule has 0 bridgehead atoms. The van der Waals surface area contributed by atoms with Gasteiger partial charge in [0.15, 0.2) is 0 Å². The van der Waals surface area contributed by atoms with Crippen molar-refractivity contribution in [3.05, 3.63) is 29.6 Å². The van der Waals surface area contributed by atoms with E-state index in [0.29, 0.717) is 11.3 Å². The Bertz CT molecular complexity index is 454. The van der Waals surface area contributed by atoms with Crippen LogP contribution in [0.3, 0.4) is 0 Å². The maximum atomic E-state index is 11.1. The number of carbonyl (C=O) groups is 2. The molecule has 0 atom stereocenters. The third kappa shape index (κ3) is 3.42. The maximum Gasteiger partial charge on any atom is 0.339 e. The summed E-state index contributed by atoms with van der Waals surface area (Å²) < 4.78 is 4.51. The number of hydrogen-bond acceptors (Lipinski definition) is 4. The molecule has 0 saturated carbocycles. The quantitative estimate of drug-likeness (QED) is 0.563. The SMILES string of the molecule is COC(=O)c1ccc(C#CCC(N)=O)nc1. The summed E-state index contributed by atoms with van der Waals surface area (Å²) in [5.74, 6) is 4.26. The maximum absolute atomic E-state index is 11.1. The number of nitrogens with zero attached hydrogens (tertiary/aromatic N) is 1. The lowest BCUT2D eigenvalue weighted by atomic mass is 10.2. The van der Waals surface area contributed by atoms with Crippen LogP contribution in [0.15, 0.2) is 18.3 Å². The summed E-state index contributed by atoms with van der Waals surface area (Å²) in [5, 5.41) is 0. The zero-order valence-electron chi connectivity index (χ0n) is 8.69. The van der Waals surface area contributed by atoms with Crippen molar-refractivity contribution in [2.45, 2.75) is 6.42 Å². The summed E-state index contributed by atoms with van der Waals surface area (Å²) in [7, 11) is 1.29. The predicted molar refractivity (Wildman–Crippen MR) is 56.3 cm³/mol. The number of esters is 1. The summed E-state index contributed by atoms with van der Waals surface area (Å²) in [6.07, 6.45) is 1.35. The molecule has 0 aromatic carbocycles. The van der Waals surface area contributed by atoms with Crippen LogP contribution in [0.1, 0.15) is 22.5 Å². The first kappa shape index (κ1) is 11.7. The van der Waals surface area contributed by atoms with Gasteiger partial charge in [0, 0.05) is 6.20 Å². The number of primary amides is 1. The third-order valence-corrected chi connectivity index (χ3v) is 1.66. The fourth-order valence-electron chi connectivity index (χ4n) is 0.928. The molecule has 1 aromatic rings. The number of methoxy groups -OCH3 is 1. The second-order valence-corrected chi connectivity index (χ2v) is 2.87. The highest BCUT2D eigenvalue weighted by Gasteiger charge is 2.03. The Morgan fingerprint density at radius 1 is 1.50 bits per heavy atom. The number of aromatic nitrogens is 1. The molecule has 0 radical (unpaired) electrons. The van der Waals surface area contributed by atoms with Gasteiger partial charge >= 0.3 is 5.97 Å². The van der Waals surface area contributed by atoms with Gasteiger partial charge in [-0.15, -0.1) is 0 Å². The van der Waals surface area contributed by atoms with Crippen LogP contribution in [0.25, 0.3) is 0 Å². The Morgan fingerprint density at radius 2 is 2.25 bits per heavy atom. The van der Waals surface area contributed by atoms with E-state index in [2.05, 4.69) is 21.6 Å². The molecule has 0 unspecified atom stereocenters. The number of pyridine rings is 1. The summed E-state index contributed by atoms with van der Waals surface area (Å²) in [5.41, 5.74) is 5.73. The van der Waals surface area contributed by atoms with Crippen molar-refractivity contribution < 1.29 is 14.3 Å². The van der Waals surface area contributed by atoms with Crippen molar-refractivity contribution in [3.63, 3.8) is 0 Å². The highest BCUT2D eigenvalue weighted by atomic mass is 16.5. The summed E-state index contributed by atoms with van der Waals surface area (Å²) >= 11 is 0. The summed E-state index contributed by atoms with van der Waals surface area (Å²) in [4.78, 5) is 25.4. The van der Waals surface area contributed by atoms with Crippen LogP contribution >= 0.6 is 0 Å². The van der Waals surface area contributed by atoms with E-state index >= 15 is 0 Å². The Balaban J connectivity index is 2.74. The van der Waals surface area contributed by atoms with Gasteiger partial charge in [0.1, 0.15) is 5.69 Å². The second kappa shape index (κ2) is 5.51. The molecule has 1 rings (SSSR count). The lowest BCUT2D eigenvalue weighted by Gasteiger charge is -1.97. The van der Waals surface area contributed by atoms with E-state index < -0.39 is 11.9 Å². The molecular weight excluding hydrogens is 208 g/mol. The second-order valence-electron chi connectivity index (χ2n) is 2.87. The Hall–Kier alpha value is -2.35. The molecule has 82 valence electrons. The predicted octanol–water partition coefficient (Wildman–Crippen LogP) is 0.0951. The number of ether oxygens (including phenoxy) is 1.